The van der Waals surface area contributed by atoms with Crippen molar-refractivity contribution in [3.05, 3.63) is 54.2 Å². The van der Waals surface area contributed by atoms with Crippen LogP contribution < -0.4 is 9.80 Å². The molecule has 1 fully saturated rings. The van der Waals surface area contributed by atoms with Gasteiger partial charge < -0.3 is 14.2 Å². The van der Waals surface area contributed by atoms with Gasteiger partial charge in [-0.2, -0.15) is 4.98 Å². The third kappa shape index (κ3) is 3.05. The molecule has 0 saturated carbocycles. The Kier molecular flexibility index (Phi) is 4.11. The number of para-hydroxylation sites is 2. The van der Waals surface area contributed by atoms with E-state index in [1.807, 2.05) is 36.5 Å². The van der Waals surface area contributed by atoms with Crippen LogP contribution in [-0.4, -0.2) is 41.1 Å². The number of hydrogen-bond acceptors (Lipinski definition) is 6. The molecule has 0 spiro atoms. The van der Waals surface area contributed by atoms with Crippen LogP contribution in [0.25, 0.3) is 22.1 Å². The minimum atomic E-state index is 0.483. The lowest BCUT2D eigenvalue weighted by atomic mass is 10.0. The van der Waals surface area contributed by atoms with Crippen molar-refractivity contribution in [1.82, 2.24) is 15.0 Å². The summed E-state index contributed by atoms with van der Waals surface area (Å²) in [5.41, 5.74) is 4.93. The van der Waals surface area contributed by atoms with Crippen molar-refractivity contribution >= 4 is 34.0 Å². The van der Waals surface area contributed by atoms with Crippen LogP contribution in [0.2, 0.25) is 0 Å². The molecule has 6 nitrogen and oxygen atoms in total. The fourth-order valence-electron chi connectivity index (χ4n) is 3.65. The number of fused-ring (bicyclic) bond motifs is 2. The first-order chi connectivity index (χ1) is 13.7. The lowest BCUT2D eigenvalue weighted by Crippen LogP contribution is -2.47. The van der Waals surface area contributed by atoms with Crippen LogP contribution in [0.4, 0.5) is 11.8 Å². The fourth-order valence-corrected chi connectivity index (χ4v) is 3.65. The summed E-state index contributed by atoms with van der Waals surface area (Å²) < 4.78 is 6.01. The number of anilines is 2. The first kappa shape index (κ1) is 17.0. The summed E-state index contributed by atoms with van der Waals surface area (Å²) in [6, 6.07) is 15.0. The zero-order chi connectivity index (χ0) is 19.1. The SMILES string of the molecule is CC(C)c1ccc2oc(N3CCN(c4cnc5ccccc5n4)CC3)nc2c1. The Morgan fingerprint density at radius 2 is 1.61 bits per heavy atom. The molecule has 1 saturated heterocycles. The lowest BCUT2D eigenvalue weighted by Gasteiger charge is -2.34. The zero-order valence-corrected chi connectivity index (χ0v) is 16.2. The van der Waals surface area contributed by atoms with E-state index in [4.69, 9.17) is 14.4 Å². The zero-order valence-electron chi connectivity index (χ0n) is 16.2. The summed E-state index contributed by atoms with van der Waals surface area (Å²) in [5, 5.41) is 0. The number of nitrogens with zero attached hydrogens (tertiary/aromatic N) is 5. The molecule has 0 bridgehead atoms. The Morgan fingerprint density at radius 1 is 0.857 bits per heavy atom. The van der Waals surface area contributed by atoms with Crippen molar-refractivity contribution < 1.29 is 4.42 Å². The highest BCUT2D eigenvalue weighted by molar-refractivity contribution is 5.76. The maximum atomic E-state index is 6.01. The molecule has 142 valence electrons. The molecule has 6 heteroatoms. The van der Waals surface area contributed by atoms with E-state index < -0.39 is 0 Å². The van der Waals surface area contributed by atoms with Crippen LogP contribution in [0.1, 0.15) is 25.3 Å². The third-order valence-corrected chi connectivity index (χ3v) is 5.38. The number of benzene rings is 2. The molecule has 0 amide bonds. The van der Waals surface area contributed by atoms with Gasteiger partial charge in [-0.3, -0.25) is 4.98 Å². The largest absolute Gasteiger partial charge is 0.423 e. The first-order valence-corrected chi connectivity index (χ1v) is 9.79. The Bertz CT molecular complexity index is 1130. The highest BCUT2D eigenvalue weighted by Gasteiger charge is 2.22. The molecule has 0 atom stereocenters. The van der Waals surface area contributed by atoms with Gasteiger partial charge in [-0.1, -0.05) is 32.0 Å². The number of rotatable bonds is 3. The van der Waals surface area contributed by atoms with Gasteiger partial charge in [-0.15, -0.1) is 0 Å². The van der Waals surface area contributed by atoms with E-state index in [9.17, 15) is 0 Å². The Balaban J connectivity index is 1.33. The van der Waals surface area contributed by atoms with Crippen molar-refractivity contribution in [2.75, 3.05) is 36.0 Å². The maximum Gasteiger partial charge on any atom is 0.298 e. The fraction of sp³-hybridized carbons (Fsp3) is 0.318. The van der Waals surface area contributed by atoms with Crippen LogP contribution in [0.3, 0.4) is 0 Å². The van der Waals surface area contributed by atoms with Gasteiger partial charge in [0, 0.05) is 26.2 Å². The third-order valence-electron chi connectivity index (χ3n) is 5.38. The second kappa shape index (κ2) is 6.78. The molecule has 1 aliphatic heterocycles. The Labute approximate surface area is 163 Å². The quantitative estimate of drug-likeness (QED) is 0.536. The van der Waals surface area contributed by atoms with Crippen LogP contribution in [-0.2, 0) is 0 Å². The number of piperazine rings is 1. The molecule has 0 radical (unpaired) electrons. The molecule has 2 aromatic carbocycles. The molecule has 5 rings (SSSR count). The van der Waals surface area contributed by atoms with E-state index in [2.05, 4.69) is 40.8 Å². The summed E-state index contributed by atoms with van der Waals surface area (Å²) in [5.74, 6) is 1.41. The average molecular weight is 373 g/mol. The number of hydrogen-bond donors (Lipinski definition) is 0. The minimum absolute atomic E-state index is 0.483. The van der Waals surface area contributed by atoms with E-state index in [-0.39, 0.29) is 0 Å². The standard InChI is InChI=1S/C22H23N5O/c1-15(2)16-7-8-20-19(13-16)25-22(28-20)27-11-9-26(10-12-27)21-14-23-17-5-3-4-6-18(17)24-21/h3-8,13-15H,9-12H2,1-2H3. The summed E-state index contributed by atoms with van der Waals surface area (Å²) in [4.78, 5) is 18.5. The lowest BCUT2D eigenvalue weighted by molar-refractivity contribution is 0.540. The summed E-state index contributed by atoms with van der Waals surface area (Å²) >= 11 is 0. The first-order valence-electron chi connectivity index (χ1n) is 9.79. The second-order valence-corrected chi connectivity index (χ2v) is 7.57. The summed E-state index contributed by atoms with van der Waals surface area (Å²) in [7, 11) is 0. The van der Waals surface area contributed by atoms with Crippen LogP contribution in [0.15, 0.2) is 53.1 Å². The highest BCUT2D eigenvalue weighted by atomic mass is 16.4. The summed E-state index contributed by atoms with van der Waals surface area (Å²) in [6.45, 7) is 7.80. The van der Waals surface area contributed by atoms with Crippen molar-refractivity contribution in [2.45, 2.75) is 19.8 Å². The number of oxazole rings is 1. The topological polar surface area (TPSA) is 58.3 Å². The van der Waals surface area contributed by atoms with Gasteiger partial charge in [0.25, 0.3) is 6.01 Å². The van der Waals surface area contributed by atoms with E-state index in [1.165, 1.54) is 5.56 Å². The van der Waals surface area contributed by atoms with Crippen LogP contribution >= 0.6 is 0 Å². The van der Waals surface area contributed by atoms with Crippen LogP contribution in [0, 0.1) is 0 Å². The van der Waals surface area contributed by atoms with Gasteiger partial charge in [0.15, 0.2) is 5.58 Å². The molecule has 0 N–H and O–H groups in total. The Morgan fingerprint density at radius 3 is 2.39 bits per heavy atom. The summed E-state index contributed by atoms with van der Waals surface area (Å²) in [6.07, 6.45) is 1.87. The highest BCUT2D eigenvalue weighted by Crippen LogP contribution is 2.27. The van der Waals surface area contributed by atoms with Crippen LogP contribution in [0.5, 0.6) is 0 Å². The Hall–Kier alpha value is -3.15. The molecule has 3 heterocycles. The normalized spacial score (nSPS) is 15.1. The van der Waals surface area contributed by atoms with E-state index in [0.29, 0.717) is 11.9 Å². The van der Waals surface area contributed by atoms with Crippen molar-refractivity contribution in [3.8, 4) is 0 Å². The minimum Gasteiger partial charge on any atom is -0.423 e. The smallest absolute Gasteiger partial charge is 0.298 e. The van der Waals surface area contributed by atoms with E-state index in [0.717, 1.165) is 54.1 Å². The van der Waals surface area contributed by atoms with Gasteiger partial charge in [0.1, 0.15) is 11.3 Å². The van der Waals surface area contributed by atoms with Gasteiger partial charge in [0.2, 0.25) is 0 Å². The molecule has 0 aliphatic carbocycles. The number of aromatic nitrogens is 3. The van der Waals surface area contributed by atoms with Crippen molar-refractivity contribution in [1.29, 1.82) is 0 Å². The predicted molar refractivity (Wildman–Crippen MR) is 112 cm³/mol. The second-order valence-electron chi connectivity index (χ2n) is 7.57. The molecule has 28 heavy (non-hydrogen) atoms. The van der Waals surface area contributed by atoms with E-state index in [1.54, 1.807) is 0 Å². The van der Waals surface area contributed by atoms with E-state index >= 15 is 0 Å². The average Bonchev–Trinajstić information content (AvgIpc) is 3.17. The molecule has 2 aromatic heterocycles. The van der Waals surface area contributed by atoms with Gasteiger partial charge >= 0.3 is 0 Å². The van der Waals surface area contributed by atoms with Gasteiger partial charge in [-0.25, -0.2) is 4.98 Å². The molecular weight excluding hydrogens is 350 g/mol. The predicted octanol–water partition coefficient (Wildman–Crippen LogP) is 4.22. The van der Waals surface area contributed by atoms with Gasteiger partial charge in [0.05, 0.1) is 17.2 Å². The van der Waals surface area contributed by atoms with Crippen molar-refractivity contribution in [2.24, 2.45) is 0 Å². The maximum absolute atomic E-state index is 6.01. The van der Waals surface area contributed by atoms with Gasteiger partial charge in [-0.05, 0) is 35.7 Å². The molecule has 0 unspecified atom stereocenters. The molecule has 4 aromatic rings. The molecule has 1 aliphatic rings. The monoisotopic (exact) mass is 373 g/mol. The van der Waals surface area contributed by atoms with Crippen molar-refractivity contribution in [3.63, 3.8) is 0 Å². The molecular formula is C22H23N5O.